The third-order valence-electron chi connectivity index (χ3n) is 1.71. The first kappa shape index (κ1) is 7.49. The molecule has 0 N–H and O–H groups in total. The van der Waals surface area contributed by atoms with Crippen LogP contribution in [-0.2, 0) is 9.84 Å². The summed E-state index contributed by atoms with van der Waals surface area (Å²) >= 11 is 0. The smallest absolute Gasteiger partial charge is 0.199 e. The summed E-state index contributed by atoms with van der Waals surface area (Å²) in [5, 5.41) is 0.201. The van der Waals surface area contributed by atoms with E-state index >= 15 is 0 Å². The van der Waals surface area contributed by atoms with Crippen molar-refractivity contribution in [3.8, 4) is 0 Å². The van der Waals surface area contributed by atoms with Crippen LogP contribution in [-0.4, -0.2) is 19.2 Å². The van der Waals surface area contributed by atoms with Crippen molar-refractivity contribution in [3.63, 3.8) is 0 Å². The maximum Gasteiger partial charge on any atom is 0.199 e. The molecule has 1 aromatic heterocycles. The second-order valence-corrected chi connectivity index (χ2v) is 4.53. The number of aromatic nitrogens is 1. The predicted octanol–water partition coefficient (Wildman–Crippen LogP) is 0.882. The van der Waals surface area contributed by atoms with Crippen LogP contribution in [0.2, 0.25) is 0 Å². The topological polar surface area (TPSA) is 47.0 Å². The lowest BCUT2D eigenvalue weighted by Crippen LogP contribution is -2.11. The zero-order chi connectivity index (χ0) is 8.60. The van der Waals surface area contributed by atoms with Gasteiger partial charge in [-0.15, -0.1) is 0 Å². The molecule has 4 heteroatoms. The third-order valence-corrected chi connectivity index (χ3v) is 3.27. The number of hydrogen-bond acceptors (Lipinski definition) is 3. The minimum absolute atomic E-state index is 0.0665. The van der Waals surface area contributed by atoms with Crippen molar-refractivity contribution in [2.45, 2.75) is 5.03 Å². The molecule has 1 aliphatic rings. The van der Waals surface area contributed by atoms with Crippen molar-refractivity contribution >= 4 is 15.9 Å². The van der Waals surface area contributed by atoms with Crippen molar-refractivity contribution in [2.75, 3.05) is 5.75 Å². The molecule has 0 bridgehead atoms. The van der Waals surface area contributed by atoms with E-state index in [0.717, 1.165) is 0 Å². The van der Waals surface area contributed by atoms with Gasteiger partial charge in [0.1, 0.15) is 0 Å². The van der Waals surface area contributed by atoms with Gasteiger partial charge in [0.25, 0.3) is 0 Å². The molecule has 0 unspecified atom stereocenters. The fraction of sp³-hybridized carbons (Fsp3) is 0.125. The van der Waals surface area contributed by atoms with Crippen LogP contribution in [0, 0.1) is 0 Å². The van der Waals surface area contributed by atoms with E-state index in [1.165, 1.54) is 6.20 Å². The molecule has 0 atom stereocenters. The highest BCUT2D eigenvalue weighted by atomic mass is 32.2. The molecule has 3 nitrogen and oxygen atoms in total. The van der Waals surface area contributed by atoms with E-state index in [4.69, 9.17) is 0 Å². The maximum absolute atomic E-state index is 11.4. The molecule has 0 saturated heterocycles. The van der Waals surface area contributed by atoms with Crippen LogP contribution in [0.3, 0.4) is 0 Å². The minimum atomic E-state index is -3.14. The summed E-state index contributed by atoms with van der Waals surface area (Å²) in [6.07, 6.45) is 4.91. The molecule has 2 rings (SSSR count). The summed E-state index contributed by atoms with van der Waals surface area (Å²) in [5.74, 6) is 0.0665. The largest absolute Gasteiger partial charge is 0.244 e. The van der Waals surface area contributed by atoms with Crippen molar-refractivity contribution in [1.82, 2.24) is 4.98 Å². The number of fused-ring (bicyclic) bond motifs is 1. The predicted molar refractivity (Wildman–Crippen MR) is 45.3 cm³/mol. The van der Waals surface area contributed by atoms with Gasteiger partial charge in [0.2, 0.25) is 0 Å². The molecule has 0 aromatic carbocycles. The summed E-state index contributed by atoms with van der Waals surface area (Å²) in [6, 6.07) is 3.47. The normalized spacial score (nSPS) is 18.7. The monoisotopic (exact) mass is 181 g/mol. The van der Waals surface area contributed by atoms with Gasteiger partial charge in [0.05, 0.1) is 5.75 Å². The van der Waals surface area contributed by atoms with Crippen LogP contribution in [0.5, 0.6) is 0 Å². The summed E-state index contributed by atoms with van der Waals surface area (Å²) in [4.78, 5) is 3.83. The van der Waals surface area contributed by atoms with E-state index in [2.05, 4.69) is 4.98 Å². The molecule has 12 heavy (non-hydrogen) atoms. The summed E-state index contributed by atoms with van der Waals surface area (Å²) in [6.45, 7) is 0. The van der Waals surface area contributed by atoms with Crippen LogP contribution >= 0.6 is 0 Å². The number of pyridine rings is 1. The summed E-state index contributed by atoms with van der Waals surface area (Å²) in [5.41, 5.74) is 0.684. The zero-order valence-corrected chi connectivity index (χ0v) is 7.08. The van der Waals surface area contributed by atoms with Crippen LogP contribution in [0.4, 0.5) is 0 Å². The summed E-state index contributed by atoms with van der Waals surface area (Å²) < 4.78 is 22.7. The quantitative estimate of drug-likeness (QED) is 0.597. The molecule has 0 saturated carbocycles. The standard InChI is InChI=1S/C8H7NO2S/c10-12(11)6-2-4-7-3-1-5-9-8(7)12/h1-5H,6H2. The molecule has 0 fully saturated rings. The van der Waals surface area contributed by atoms with Gasteiger partial charge in [-0.3, -0.25) is 0 Å². The Morgan fingerprint density at radius 3 is 3.00 bits per heavy atom. The van der Waals surface area contributed by atoms with Crippen LogP contribution in [0.1, 0.15) is 5.56 Å². The second-order valence-electron chi connectivity index (χ2n) is 2.58. The molecular formula is C8H7NO2S. The van der Waals surface area contributed by atoms with Crippen molar-refractivity contribution in [1.29, 1.82) is 0 Å². The Bertz CT molecular complexity index is 434. The number of sulfone groups is 1. The van der Waals surface area contributed by atoms with Gasteiger partial charge >= 0.3 is 0 Å². The van der Waals surface area contributed by atoms with Gasteiger partial charge < -0.3 is 0 Å². The molecule has 0 aliphatic carbocycles. The van der Waals surface area contributed by atoms with Gasteiger partial charge in [-0.2, -0.15) is 0 Å². The molecule has 1 aliphatic heterocycles. The lowest BCUT2D eigenvalue weighted by molar-refractivity contribution is 0.594. The summed E-state index contributed by atoms with van der Waals surface area (Å²) in [7, 11) is -3.14. The average molecular weight is 181 g/mol. The van der Waals surface area contributed by atoms with Crippen molar-refractivity contribution in [3.05, 3.63) is 30.0 Å². The van der Waals surface area contributed by atoms with E-state index in [0.29, 0.717) is 5.56 Å². The number of rotatable bonds is 0. The Kier molecular flexibility index (Phi) is 1.51. The lowest BCUT2D eigenvalue weighted by Gasteiger charge is -2.08. The Morgan fingerprint density at radius 1 is 1.42 bits per heavy atom. The number of hydrogen-bond donors (Lipinski definition) is 0. The first-order valence-corrected chi connectivity index (χ1v) is 5.20. The first-order valence-electron chi connectivity index (χ1n) is 3.54. The maximum atomic E-state index is 11.4. The Balaban J connectivity index is 2.77. The van der Waals surface area contributed by atoms with E-state index in [-0.39, 0.29) is 10.8 Å². The van der Waals surface area contributed by atoms with E-state index < -0.39 is 9.84 Å². The lowest BCUT2D eigenvalue weighted by atomic mass is 10.2. The van der Waals surface area contributed by atoms with Gasteiger partial charge in [0, 0.05) is 11.8 Å². The SMILES string of the molecule is O=S1(=O)CC=Cc2cccnc21. The van der Waals surface area contributed by atoms with Gasteiger partial charge in [0.15, 0.2) is 14.9 Å². The van der Waals surface area contributed by atoms with Crippen LogP contribution in [0.25, 0.3) is 6.08 Å². The second kappa shape index (κ2) is 2.42. The molecule has 2 heterocycles. The average Bonchev–Trinajstić information content (AvgIpc) is 2.04. The third kappa shape index (κ3) is 1.04. The van der Waals surface area contributed by atoms with Crippen LogP contribution < -0.4 is 0 Å². The Hall–Kier alpha value is -1.16. The molecule has 62 valence electrons. The Labute approximate surface area is 70.7 Å². The Morgan fingerprint density at radius 2 is 2.25 bits per heavy atom. The van der Waals surface area contributed by atoms with E-state index in [1.807, 2.05) is 0 Å². The molecule has 1 aromatic rings. The highest BCUT2D eigenvalue weighted by molar-refractivity contribution is 7.91. The minimum Gasteiger partial charge on any atom is -0.244 e. The zero-order valence-electron chi connectivity index (χ0n) is 6.27. The van der Waals surface area contributed by atoms with Crippen LogP contribution in [0.15, 0.2) is 29.4 Å². The van der Waals surface area contributed by atoms with Gasteiger partial charge in [-0.25, -0.2) is 13.4 Å². The van der Waals surface area contributed by atoms with Crippen molar-refractivity contribution < 1.29 is 8.42 Å². The molecular weight excluding hydrogens is 174 g/mol. The molecule has 0 spiro atoms. The van der Waals surface area contributed by atoms with E-state index in [1.54, 1.807) is 24.3 Å². The highest BCUT2D eigenvalue weighted by Gasteiger charge is 2.20. The van der Waals surface area contributed by atoms with Gasteiger partial charge in [-0.1, -0.05) is 18.2 Å². The van der Waals surface area contributed by atoms with E-state index in [9.17, 15) is 8.42 Å². The fourth-order valence-corrected chi connectivity index (χ4v) is 2.39. The van der Waals surface area contributed by atoms with Gasteiger partial charge in [-0.05, 0) is 6.07 Å². The molecule has 0 amide bonds. The fourth-order valence-electron chi connectivity index (χ4n) is 1.17. The highest BCUT2D eigenvalue weighted by Crippen LogP contribution is 2.19. The first-order chi connectivity index (χ1) is 5.70. The van der Waals surface area contributed by atoms with Crippen molar-refractivity contribution in [2.24, 2.45) is 0 Å². The number of nitrogens with zero attached hydrogens (tertiary/aromatic N) is 1. The molecule has 0 radical (unpaired) electrons.